The summed E-state index contributed by atoms with van der Waals surface area (Å²) >= 11 is 0. The van der Waals surface area contributed by atoms with Gasteiger partial charge in [0, 0.05) is 57.8 Å². The second-order valence-electron chi connectivity index (χ2n) is 9.92. The lowest BCUT2D eigenvalue weighted by molar-refractivity contribution is -0.129. The molecule has 0 unspecified atom stereocenters. The molecule has 0 aromatic carbocycles. The molecule has 0 spiro atoms. The molecule has 2 N–H and O–H groups in total. The van der Waals surface area contributed by atoms with E-state index in [1.54, 1.807) is 6.92 Å². The minimum Gasteiger partial charge on any atom is -0.343 e. The highest BCUT2D eigenvalue weighted by Crippen LogP contribution is 2.29. The van der Waals surface area contributed by atoms with E-state index in [2.05, 4.69) is 44.3 Å². The second kappa shape index (κ2) is 15.0. The van der Waals surface area contributed by atoms with E-state index in [1.807, 2.05) is 7.05 Å². The predicted octanol–water partition coefficient (Wildman–Crippen LogP) is 0.894. The molecule has 0 atom stereocenters. The van der Waals surface area contributed by atoms with Crippen molar-refractivity contribution >= 4 is 11.7 Å². The van der Waals surface area contributed by atoms with E-state index in [1.165, 1.54) is 6.42 Å². The van der Waals surface area contributed by atoms with E-state index < -0.39 is 0 Å². The molecule has 2 rings (SSSR count). The summed E-state index contributed by atoms with van der Waals surface area (Å²) in [6.07, 6.45) is 5.67. The topological polar surface area (TPSA) is 71.2 Å². The van der Waals surface area contributed by atoms with Crippen molar-refractivity contribution in [2.75, 3.05) is 86.8 Å². The van der Waals surface area contributed by atoms with Gasteiger partial charge in [0.15, 0.2) is 0 Å². The van der Waals surface area contributed by atoms with Gasteiger partial charge < -0.3 is 20.4 Å². The standard InChI is InChI=1S/C24H48N6O2/c1-21(31)22-7-9-23(10-8-22)24(32)26-20-30-14-6-12-28(4)16-15-27(3)11-5-13-29(17-18-30)19-25-2/h22-23,25H,5-20H2,1-4H3,(H,26,32). The first kappa shape index (κ1) is 27.2. The maximum absolute atomic E-state index is 12.8. The van der Waals surface area contributed by atoms with Gasteiger partial charge in [-0.3, -0.25) is 19.4 Å². The molecular weight excluding hydrogens is 404 g/mol. The third kappa shape index (κ3) is 10.3. The maximum Gasteiger partial charge on any atom is 0.224 e. The molecule has 1 aliphatic carbocycles. The number of likely N-dealkylation sites (N-methyl/N-ethyl adjacent to an activating group) is 2. The summed E-state index contributed by atoms with van der Waals surface area (Å²) in [7, 11) is 6.43. The third-order valence-electron chi connectivity index (χ3n) is 7.16. The van der Waals surface area contributed by atoms with Crippen LogP contribution >= 0.6 is 0 Å². The molecule has 8 nitrogen and oxygen atoms in total. The normalized spacial score (nSPS) is 27.0. The van der Waals surface area contributed by atoms with Crippen LogP contribution in [0, 0.1) is 11.8 Å². The SMILES string of the molecule is CNCN1CCCN(C)CCN(C)CCCN(CNC(=O)C2CCC(C(C)=O)CC2)CC1. The first-order chi connectivity index (χ1) is 15.4. The van der Waals surface area contributed by atoms with E-state index in [9.17, 15) is 9.59 Å². The number of hydrogen-bond acceptors (Lipinski definition) is 7. The summed E-state index contributed by atoms with van der Waals surface area (Å²) in [5, 5.41) is 6.51. The van der Waals surface area contributed by atoms with Crippen LogP contribution in [-0.4, -0.2) is 118 Å². The van der Waals surface area contributed by atoms with Crippen molar-refractivity contribution < 1.29 is 9.59 Å². The molecule has 0 aromatic heterocycles. The van der Waals surface area contributed by atoms with Crippen LogP contribution in [0.25, 0.3) is 0 Å². The van der Waals surface area contributed by atoms with Gasteiger partial charge in [0.05, 0.1) is 6.67 Å². The summed E-state index contributed by atoms with van der Waals surface area (Å²) in [6.45, 7) is 11.6. The van der Waals surface area contributed by atoms with Crippen molar-refractivity contribution in [1.82, 2.24) is 30.2 Å². The lowest BCUT2D eigenvalue weighted by Crippen LogP contribution is -2.46. The van der Waals surface area contributed by atoms with Crippen molar-refractivity contribution in [2.45, 2.75) is 45.4 Å². The van der Waals surface area contributed by atoms with Gasteiger partial charge in [0.1, 0.15) is 5.78 Å². The number of nitrogens with one attached hydrogen (secondary N) is 2. The Balaban J connectivity index is 1.86. The summed E-state index contributed by atoms with van der Waals surface area (Å²) in [4.78, 5) is 34.1. The van der Waals surface area contributed by atoms with E-state index in [0.29, 0.717) is 6.67 Å². The monoisotopic (exact) mass is 452 g/mol. The first-order valence-electron chi connectivity index (χ1n) is 12.6. The molecule has 1 saturated carbocycles. The molecule has 1 aliphatic heterocycles. The number of hydrogen-bond donors (Lipinski definition) is 2. The van der Waals surface area contributed by atoms with Gasteiger partial charge in [0.2, 0.25) is 5.91 Å². The summed E-state index contributed by atoms with van der Waals surface area (Å²) in [5.41, 5.74) is 0. The number of rotatable bonds is 6. The molecular formula is C24H48N6O2. The van der Waals surface area contributed by atoms with Crippen LogP contribution in [0.1, 0.15) is 45.4 Å². The predicted molar refractivity (Wildman–Crippen MR) is 130 cm³/mol. The number of carbonyl (C=O) groups excluding carboxylic acids is 2. The molecule has 0 aromatic rings. The fourth-order valence-electron chi connectivity index (χ4n) is 4.84. The number of amides is 1. The Labute approximate surface area is 196 Å². The molecule has 1 heterocycles. The van der Waals surface area contributed by atoms with Gasteiger partial charge in [-0.05, 0) is 79.7 Å². The van der Waals surface area contributed by atoms with E-state index >= 15 is 0 Å². The smallest absolute Gasteiger partial charge is 0.224 e. The molecule has 8 heteroatoms. The van der Waals surface area contributed by atoms with Crippen LogP contribution in [0.15, 0.2) is 0 Å². The van der Waals surface area contributed by atoms with Crippen molar-refractivity contribution in [1.29, 1.82) is 0 Å². The molecule has 1 saturated heterocycles. The lowest BCUT2D eigenvalue weighted by Gasteiger charge is -2.31. The van der Waals surface area contributed by atoms with Gasteiger partial charge in [0.25, 0.3) is 0 Å². The Kier molecular flexibility index (Phi) is 12.7. The van der Waals surface area contributed by atoms with Crippen molar-refractivity contribution in [2.24, 2.45) is 11.8 Å². The van der Waals surface area contributed by atoms with Crippen molar-refractivity contribution in [3.05, 3.63) is 0 Å². The Morgan fingerprint density at radius 1 is 0.719 bits per heavy atom. The number of nitrogens with zero attached hydrogens (tertiary/aromatic N) is 4. The van der Waals surface area contributed by atoms with E-state index in [0.717, 1.165) is 91.1 Å². The van der Waals surface area contributed by atoms with Crippen LogP contribution in [0.2, 0.25) is 0 Å². The Hall–Kier alpha value is -1.06. The average Bonchev–Trinajstić information content (AvgIpc) is 2.78. The second-order valence-corrected chi connectivity index (χ2v) is 9.92. The van der Waals surface area contributed by atoms with Gasteiger partial charge in [-0.25, -0.2) is 0 Å². The highest BCUT2D eigenvalue weighted by atomic mass is 16.2. The number of Topliss-reactive ketones (excluding diaryl/α,β-unsaturated/α-hetero) is 1. The van der Waals surface area contributed by atoms with E-state index in [4.69, 9.17) is 0 Å². The van der Waals surface area contributed by atoms with Crippen LogP contribution in [-0.2, 0) is 9.59 Å². The summed E-state index contributed by atoms with van der Waals surface area (Å²) in [5.74, 6) is 0.669. The van der Waals surface area contributed by atoms with Crippen molar-refractivity contribution in [3.8, 4) is 0 Å². The van der Waals surface area contributed by atoms with Crippen LogP contribution in [0.3, 0.4) is 0 Å². The van der Waals surface area contributed by atoms with Crippen molar-refractivity contribution in [3.63, 3.8) is 0 Å². The molecule has 0 radical (unpaired) electrons. The zero-order valence-electron chi connectivity index (χ0n) is 21.1. The average molecular weight is 453 g/mol. The Morgan fingerprint density at radius 3 is 1.72 bits per heavy atom. The van der Waals surface area contributed by atoms with E-state index in [-0.39, 0.29) is 23.5 Å². The van der Waals surface area contributed by atoms with Crippen LogP contribution < -0.4 is 10.6 Å². The lowest BCUT2D eigenvalue weighted by atomic mass is 9.80. The maximum atomic E-state index is 12.8. The third-order valence-corrected chi connectivity index (χ3v) is 7.16. The Morgan fingerprint density at radius 2 is 1.22 bits per heavy atom. The number of ketones is 1. The van der Waals surface area contributed by atoms with Crippen LogP contribution in [0.5, 0.6) is 0 Å². The fourth-order valence-corrected chi connectivity index (χ4v) is 4.84. The minimum atomic E-state index is 0.0641. The summed E-state index contributed by atoms with van der Waals surface area (Å²) in [6, 6.07) is 0. The highest BCUT2D eigenvalue weighted by Gasteiger charge is 2.28. The first-order valence-corrected chi connectivity index (χ1v) is 12.6. The highest BCUT2D eigenvalue weighted by molar-refractivity contribution is 5.80. The van der Waals surface area contributed by atoms with Crippen LogP contribution in [0.4, 0.5) is 0 Å². The molecule has 186 valence electrons. The zero-order valence-corrected chi connectivity index (χ0v) is 21.1. The summed E-state index contributed by atoms with van der Waals surface area (Å²) < 4.78 is 0. The quantitative estimate of drug-likeness (QED) is 0.620. The number of carbonyl (C=O) groups is 2. The largest absolute Gasteiger partial charge is 0.343 e. The van der Waals surface area contributed by atoms with Gasteiger partial charge >= 0.3 is 0 Å². The fraction of sp³-hybridized carbons (Fsp3) is 0.917. The minimum absolute atomic E-state index is 0.0641. The zero-order chi connectivity index (χ0) is 23.3. The van der Waals surface area contributed by atoms with Gasteiger partial charge in [-0.15, -0.1) is 0 Å². The molecule has 1 amide bonds. The molecule has 2 aliphatic rings. The molecule has 0 bridgehead atoms. The Bertz CT molecular complexity index is 553. The van der Waals surface area contributed by atoms with Gasteiger partial charge in [-0.2, -0.15) is 0 Å². The molecule has 32 heavy (non-hydrogen) atoms. The van der Waals surface area contributed by atoms with Gasteiger partial charge in [-0.1, -0.05) is 0 Å². The molecule has 2 fully saturated rings.